The van der Waals surface area contributed by atoms with Crippen molar-refractivity contribution < 1.29 is 5.11 Å². The maximum absolute atomic E-state index is 11.4. The molecule has 1 aliphatic heterocycles. The Morgan fingerprint density at radius 3 is 1.87 bits per heavy atom. The zero-order chi connectivity index (χ0) is 16.0. The number of hydrogen-bond acceptors (Lipinski definition) is 2. The summed E-state index contributed by atoms with van der Waals surface area (Å²) in [4.78, 5) is 2.45. The van der Waals surface area contributed by atoms with E-state index in [1.54, 1.807) is 0 Å². The van der Waals surface area contributed by atoms with Gasteiger partial charge in [0.15, 0.2) is 0 Å². The van der Waals surface area contributed by atoms with E-state index in [1.807, 2.05) is 66.7 Å². The highest BCUT2D eigenvalue weighted by Gasteiger charge is 2.28. The van der Waals surface area contributed by atoms with Crippen molar-refractivity contribution in [3.63, 3.8) is 0 Å². The first-order valence-corrected chi connectivity index (χ1v) is 8.52. The van der Waals surface area contributed by atoms with Gasteiger partial charge in [-0.25, -0.2) is 0 Å². The highest BCUT2D eigenvalue weighted by Crippen LogP contribution is 2.31. The molecule has 2 aromatic carbocycles. The second-order valence-electron chi connectivity index (χ2n) is 6.26. The van der Waals surface area contributed by atoms with E-state index < -0.39 is 5.60 Å². The van der Waals surface area contributed by atoms with E-state index in [0.717, 1.165) is 17.7 Å². The number of likely N-dealkylation sites (tertiary alicyclic amines) is 1. The molecule has 0 atom stereocenters. The van der Waals surface area contributed by atoms with E-state index in [-0.39, 0.29) is 0 Å². The van der Waals surface area contributed by atoms with Crippen LogP contribution < -0.4 is 0 Å². The zero-order valence-electron chi connectivity index (χ0n) is 13.6. The number of aliphatic hydroxyl groups is 1. The Morgan fingerprint density at radius 2 is 1.35 bits per heavy atom. The summed E-state index contributed by atoms with van der Waals surface area (Å²) in [5.74, 6) is 0. The highest BCUT2D eigenvalue weighted by molar-refractivity contribution is 5.40. The predicted molar refractivity (Wildman–Crippen MR) is 95.3 cm³/mol. The standard InChI is InChI=1S/C21H25NO/c23-21(19-11-4-1-5-12-19,20-13-6-2-7-14-20)15-10-18-22-16-8-3-9-17-22/h1-2,4-7,10-15,23H,3,8-9,16-18H2/b15-10-. The predicted octanol–water partition coefficient (Wildman–Crippen LogP) is 3.96. The third kappa shape index (κ3) is 3.90. The molecule has 3 rings (SSSR count). The summed E-state index contributed by atoms with van der Waals surface area (Å²) in [6.45, 7) is 3.24. The van der Waals surface area contributed by atoms with Crippen LogP contribution in [0.15, 0.2) is 72.8 Å². The van der Waals surface area contributed by atoms with Gasteiger partial charge in [0.25, 0.3) is 0 Å². The first-order chi connectivity index (χ1) is 11.3. The summed E-state index contributed by atoms with van der Waals surface area (Å²) in [7, 11) is 0. The Balaban J connectivity index is 1.83. The van der Waals surface area contributed by atoms with Crippen LogP contribution >= 0.6 is 0 Å². The number of benzene rings is 2. The van der Waals surface area contributed by atoms with Crippen molar-refractivity contribution in [1.82, 2.24) is 4.90 Å². The molecule has 0 amide bonds. The van der Waals surface area contributed by atoms with Crippen molar-refractivity contribution >= 4 is 0 Å². The number of piperidine rings is 1. The maximum atomic E-state index is 11.4. The fraction of sp³-hybridized carbons (Fsp3) is 0.333. The van der Waals surface area contributed by atoms with Gasteiger partial charge in [0.1, 0.15) is 5.60 Å². The van der Waals surface area contributed by atoms with Crippen molar-refractivity contribution in [2.45, 2.75) is 24.9 Å². The summed E-state index contributed by atoms with van der Waals surface area (Å²) in [6, 6.07) is 19.8. The molecule has 1 aliphatic rings. The number of hydrogen-bond donors (Lipinski definition) is 1. The van der Waals surface area contributed by atoms with E-state index >= 15 is 0 Å². The van der Waals surface area contributed by atoms with Crippen molar-refractivity contribution in [1.29, 1.82) is 0 Å². The number of rotatable bonds is 5. The van der Waals surface area contributed by atoms with Gasteiger partial charge in [-0.15, -0.1) is 0 Å². The molecule has 1 fully saturated rings. The lowest BCUT2D eigenvalue weighted by Gasteiger charge is -2.28. The molecule has 0 radical (unpaired) electrons. The summed E-state index contributed by atoms with van der Waals surface area (Å²) in [6.07, 6.45) is 7.99. The molecule has 0 saturated carbocycles. The second-order valence-corrected chi connectivity index (χ2v) is 6.26. The van der Waals surface area contributed by atoms with Crippen LogP contribution in [0.2, 0.25) is 0 Å². The Labute approximate surface area is 139 Å². The Kier molecular flexibility index (Phi) is 5.27. The average Bonchev–Trinajstić information content (AvgIpc) is 2.64. The highest BCUT2D eigenvalue weighted by atomic mass is 16.3. The van der Waals surface area contributed by atoms with Gasteiger partial charge in [0, 0.05) is 6.54 Å². The van der Waals surface area contributed by atoms with E-state index in [9.17, 15) is 5.11 Å². The van der Waals surface area contributed by atoms with Crippen LogP contribution in [-0.2, 0) is 5.60 Å². The van der Waals surface area contributed by atoms with Gasteiger partial charge in [0.05, 0.1) is 0 Å². The smallest absolute Gasteiger partial charge is 0.133 e. The normalized spacial score (nSPS) is 16.7. The summed E-state index contributed by atoms with van der Waals surface area (Å²) in [5, 5.41) is 11.4. The van der Waals surface area contributed by atoms with Gasteiger partial charge in [-0.2, -0.15) is 0 Å². The minimum absolute atomic E-state index is 0.904. The molecular formula is C21H25NO. The van der Waals surface area contributed by atoms with Crippen LogP contribution in [0.1, 0.15) is 30.4 Å². The Hall–Kier alpha value is -1.90. The minimum atomic E-state index is -1.07. The monoisotopic (exact) mass is 307 g/mol. The molecule has 0 spiro atoms. The molecule has 1 heterocycles. The van der Waals surface area contributed by atoms with E-state index in [2.05, 4.69) is 11.0 Å². The molecule has 0 unspecified atom stereocenters. The second kappa shape index (κ2) is 7.58. The first-order valence-electron chi connectivity index (χ1n) is 8.52. The van der Waals surface area contributed by atoms with Crippen LogP contribution in [-0.4, -0.2) is 29.6 Å². The topological polar surface area (TPSA) is 23.5 Å². The lowest BCUT2D eigenvalue weighted by Crippen LogP contribution is -2.30. The largest absolute Gasteiger partial charge is 0.377 e. The van der Waals surface area contributed by atoms with E-state index in [4.69, 9.17) is 0 Å². The molecule has 2 aromatic rings. The molecule has 1 saturated heterocycles. The Morgan fingerprint density at radius 1 is 0.826 bits per heavy atom. The van der Waals surface area contributed by atoms with Crippen LogP contribution in [0.5, 0.6) is 0 Å². The molecule has 120 valence electrons. The van der Waals surface area contributed by atoms with Gasteiger partial charge < -0.3 is 5.11 Å². The van der Waals surface area contributed by atoms with Gasteiger partial charge in [-0.05, 0) is 43.1 Å². The average molecular weight is 307 g/mol. The lowest BCUT2D eigenvalue weighted by molar-refractivity contribution is 0.133. The van der Waals surface area contributed by atoms with Crippen LogP contribution in [0, 0.1) is 0 Å². The molecule has 0 aliphatic carbocycles. The molecule has 23 heavy (non-hydrogen) atoms. The van der Waals surface area contributed by atoms with E-state index in [1.165, 1.54) is 32.4 Å². The summed E-state index contributed by atoms with van der Waals surface area (Å²) >= 11 is 0. The van der Waals surface area contributed by atoms with Gasteiger partial charge in [-0.3, -0.25) is 4.90 Å². The van der Waals surface area contributed by atoms with Crippen LogP contribution in [0.4, 0.5) is 0 Å². The summed E-state index contributed by atoms with van der Waals surface area (Å²) in [5.41, 5.74) is 0.736. The first kappa shape index (κ1) is 16.0. The molecule has 1 N–H and O–H groups in total. The maximum Gasteiger partial charge on any atom is 0.133 e. The van der Waals surface area contributed by atoms with Crippen molar-refractivity contribution in [2.24, 2.45) is 0 Å². The van der Waals surface area contributed by atoms with Gasteiger partial charge in [-0.1, -0.05) is 73.2 Å². The molecule has 0 bridgehead atoms. The van der Waals surface area contributed by atoms with Crippen LogP contribution in [0.25, 0.3) is 0 Å². The summed E-state index contributed by atoms with van der Waals surface area (Å²) < 4.78 is 0. The molecule has 0 aromatic heterocycles. The van der Waals surface area contributed by atoms with Crippen LogP contribution in [0.3, 0.4) is 0 Å². The fourth-order valence-corrected chi connectivity index (χ4v) is 3.26. The number of nitrogens with zero attached hydrogens (tertiary/aromatic N) is 1. The molecular weight excluding hydrogens is 282 g/mol. The van der Waals surface area contributed by atoms with Gasteiger partial charge >= 0.3 is 0 Å². The quantitative estimate of drug-likeness (QED) is 0.845. The Bertz CT molecular complexity index is 575. The lowest BCUT2D eigenvalue weighted by atomic mass is 9.86. The van der Waals surface area contributed by atoms with Crippen molar-refractivity contribution in [2.75, 3.05) is 19.6 Å². The third-order valence-electron chi connectivity index (χ3n) is 4.60. The van der Waals surface area contributed by atoms with E-state index in [0.29, 0.717) is 0 Å². The third-order valence-corrected chi connectivity index (χ3v) is 4.60. The van der Waals surface area contributed by atoms with Crippen molar-refractivity contribution in [3.05, 3.63) is 83.9 Å². The van der Waals surface area contributed by atoms with Crippen molar-refractivity contribution in [3.8, 4) is 0 Å². The zero-order valence-corrected chi connectivity index (χ0v) is 13.6. The molecule has 2 heteroatoms. The molecule has 2 nitrogen and oxygen atoms in total. The fourth-order valence-electron chi connectivity index (χ4n) is 3.26. The minimum Gasteiger partial charge on any atom is -0.377 e. The van der Waals surface area contributed by atoms with Gasteiger partial charge in [0.2, 0.25) is 0 Å². The SMILES string of the molecule is OC(/C=C\CN1CCCCC1)(c1ccccc1)c1ccccc1.